The average molecular weight is 161 g/mol. The summed E-state index contributed by atoms with van der Waals surface area (Å²) in [7, 11) is 1.96. The fourth-order valence-electron chi connectivity index (χ4n) is 0.849. The van der Waals surface area contributed by atoms with E-state index in [1.807, 2.05) is 7.05 Å². The van der Waals surface area contributed by atoms with E-state index in [-0.39, 0.29) is 6.61 Å². The van der Waals surface area contributed by atoms with Gasteiger partial charge in [-0.2, -0.15) is 0 Å². The third kappa shape index (κ3) is 9.88. The molecule has 11 heavy (non-hydrogen) atoms. The zero-order valence-corrected chi connectivity index (χ0v) is 7.31. The van der Waals surface area contributed by atoms with Gasteiger partial charge in [0.25, 0.3) is 0 Å². The number of rotatable bonds is 8. The topological polar surface area (TPSA) is 41.5 Å². The van der Waals surface area contributed by atoms with Crippen molar-refractivity contribution in [3.8, 4) is 0 Å². The molecule has 0 amide bonds. The highest BCUT2D eigenvalue weighted by atomic mass is 16.5. The summed E-state index contributed by atoms with van der Waals surface area (Å²) in [5.74, 6) is 0. The van der Waals surface area contributed by atoms with E-state index in [4.69, 9.17) is 9.84 Å². The largest absolute Gasteiger partial charge is 0.394 e. The van der Waals surface area contributed by atoms with Crippen molar-refractivity contribution in [3.05, 3.63) is 0 Å². The molecule has 3 nitrogen and oxygen atoms in total. The number of nitrogens with one attached hydrogen (secondary N) is 1. The molecule has 0 atom stereocenters. The van der Waals surface area contributed by atoms with Crippen molar-refractivity contribution >= 4 is 0 Å². The molecular weight excluding hydrogens is 142 g/mol. The highest BCUT2D eigenvalue weighted by molar-refractivity contribution is 4.43. The zero-order valence-electron chi connectivity index (χ0n) is 7.31. The van der Waals surface area contributed by atoms with Gasteiger partial charge in [-0.25, -0.2) is 0 Å². The number of ether oxygens (including phenoxy) is 1. The van der Waals surface area contributed by atoms with E-state index in [1.54, 1.807) is 0 Å². The van der Waals surface area contributed by atoms with Gasteiger partial charge in [0, 0.05) is 6.61 Å². The predicted molar refractivity (Wildman–Crippen MR) is 45.7 cm³/mol. The second kappa shape index (κ2) is 9.88. The Labute approximate surface area is 68.8 Å². The van der Waals surface area contributed by atoms with Gasteiger partial charge in [0.05, 0.1) is 13.2 Å². The third-order valence-corrected chi connectivity index (χ3v) is 1.45. The summed E-state index contributed by atoms with van der Waals surface area (Å²) < 4.78 is 5.09. The molecule has 0 aliphatic rings. The number of aliphatic hydroxyl groups excluding tert-OH is 1. The first kappa shape index (κ1) is 10.9. The molecule has 0 aliphatic carbocycles. The Kier molecular flexibility index (Phi) is 9.77. The Morgan fingerprint density at radius 1 is 1.18 bits per heavy atom. The molecule has 2 N–H and O–H groups in total. The first-order chi connectivity index (χ1) is 5.41. The van der Waals surface area contributed by atoms with Gasteiger partial charge in [0.1, 0.15) is 0 Å². The highest BCUT2D eigenvalue weighted by Gasteiger charge is 1.88. The lowest BCUT2D eigenvalue weighted by molar-refractivity contribution is 0.0896. The molecule has 0 aliphatic heterocycles. The van der Waals surface area contributed by atoms with E-state index >= 15 is 0 Å². The first-order valence-corrected chi connectivity index (χ1v) is 4.25. The van der Waals surface area contributed by atoms with Crippen LogP contribution in [0.4, 0.5) is 0 Å². The van der Waals surface area contributed by atoms with Crippen LogP contribution in [-0.2, 0) is 4.74 Å². The SMILES string of the molecule is CNCCCCCOCCO. The fraction of sp³-hybridized carbons (Fsp3) is 1.00. The van der Waals surface area contributed by atoms with Crippen LogP contribution in [0.1, 0.15) is 19.3 Å². The smallest absolute Gasteiger partial charge is 0.0697 e. The lowest BCUT2D eigenvalue weighted by Gasteiger charge is -2.01. The molecule has 0 aromatic rings. The maximum atomic E-state index is 8.37. The van der Waals surface area contributed by atoms with Crippen LogP contribution < -0.4 is 5.32 Å². The van der Waals surface area contributed by atoms with Crippen molar-refractivity contribution < 1.29 is 9.84 Å². The quantitative estimate of drug-likeness (QED) is 0.506. The van der Waals surface area contributed by atoms with Crippen LogP contribution in [-0.4, -0.2) is 38.5 Å². The van der Waals surface area contributed by atoms with Gasteiger partial charge >= 0.3 is 0 Å². The molecular formula is C8H19NO2. The molecule has 0 saturated heterocycles. The standard InChI is InChI=1S/C8H19NO2/c1-9-5-3-2-4-7-11-8-6-10/h9-10H,2-8H2,1H3. The molecule has 0 spiro atoms. The average Bonchev–Trinajstić information content (AvgIpc) is 2.03. The van der Waals surface area contributed by atoms with Crippen LogP contribution in [0.15, 0.2) is 0 Å². The molecule has 0 heterocycles. The highest BCUT2D eigenvalue weighted by Crippen LogP contribution is 1.93. The molecule has 0 aromatic heterocycles. The summed E-state index contributed by atoms with van der Waals surface area (Å²) in [6, 6.07) is 0. The molecule has 3 heteroatoms. The molecule has 0 aromatic carbocycles. The lowest BCUT2D eigenvalue weighted by atomic mass is 10.2. The Morgan fingerprint density at radius 2 is 2.00 bits per heavy atom. The minimum atomic E-state index is 0.135. The normalized spacial score (nSPS) is 10.4. The number of aliphatic hydroxyl groups is 1. The molecule has 0 radical (unpaired) electrons. The maximum Gasteiger partial charge on any atom is 0.0697 e. The van der Waals surface area contributed by atoms with Crippen molar-refractivity contribution in [2.24, 2.45) is 0 Å². The van der Waals surface area contributed by atoms with Crippen molar-refractivity contribution in [1.82, 2.24) is 5.32 Å². The Hall–Kier alpha value is -0.120. The summed E-state index contributed by atoms with van der Waals surface area (Å²) in [6.45, 7) is 2.48. The van der Waals surface area contributed by atoms with Crippen LogP contribution in [0.3, 0.4) is 0 Å². The molecule has 0 rings (SSSR count). The van der Waals surface area contributed by atoms with E-state index in [0.717, 1.165) is 19.6 Å². The minimum absolute atomic E-state index is 0.135. The van der Waals surface area contributed by atoms with Crippen LogP contribution in [0, 0.1) is 0 Å². The first-order valence-electron chi connectivity index (χ1n) is 4.25. The van der Waals surface area contributed by atoms with E-state index in [2.05, 4.69) is 5.32 Å². The summed E-state index contributed by atoms with van der Waals surface area (Å²) in [6.07, 6.45) is 3.51. The summed E-state index contributed by atoms with van der Waals surface area (Å²) in [4.78, 5) is 0. The molecule has 0 unspecified atom stereocenters. The van der Waals surface area contributed by atoms with E-state index in [1.165, 1.54) is 12.8 Å². The van der Waals surface area contributed by atoms with Crippen LogP contribution >= 0.6 is 0 Å². The van der Waals surface area contributed by atoms with Gasteiger partial charge in [-0.15, -0.1) is 0 Å². The predicted octanol–water partition coefficient (Wildman–Crippen LogP) is 0.385. The van der Waals surface area contributed by atoms with Crippen molar-refractivity contribution in [2.75, 3.05) is 33.4 Å². The fourth-order valence-corrected chi connectivity index (χ4v) is 0.849. The Morgan fingerprint density at radius 3 is 2.64 bits per heavy atom. The van der Waals surface area contributed by atoms with Crippen LogP contribution in [0.5, 0.6) is 0 Å². The van der Waals surface area contributed by atoms with E-state index < -0.39 is 0 Å². The Bertz CT molecular complexity index is 61.1. The zero-order chi connectivity index (χ0) is 8.36. The second-order valence-electron chi connectivity index (χ2n) is 2.50. The number of unbranched alkanes of at least 4 members (excludes halogenated alkanes) is 2. The van der Waals surface area contributed by atoms with Crippen molar-refractivity contribution in [2.45, 2.75) is 19.3 Å². The summed E-state index contributed by atoms with van der Waals surface area (Å²) in [5.41, 5.74) is 0. The second-order valence-corrected chi connectivity index (χ2v) is 2.50. The number of hydrogen-bond donors (Lipinski definition) is 2. The van der Waals surface area contributed by atoms with Gasteiger partial charge in [0.15, 0.2) is 0 Å². The van der Waals surface area contributed by atoms with Crippen LogP contribution in [0.25, 0.3) is 0 Å². The van der Waals surface area contributed by atoms with Gasteiger partial charge in [-0.05, 0) is 32.9 Å². The van der Waals surface area contributed by atoms with Crippen molar-refractivity contribution in [1.29, 1.82) is 0 Å². The summed E-state index contributed by atoms with van der Waals surface area (Å²) in [5, 5.41) is 11.5. The maximum absolute atomic E-state index is 8.37. The van der Waals surface area contributed by atoms with Gasteiger partial charge < -0.3 is 15.2 Å². The summed E-state index contributed by atoms with van der Waals surface area (Å²) >= 11 is 0. The van der Waals surface area contributed by atoms with E-state index in [9.17, 15) is 0 Å². The molecule has 68 valence electrons. The molecule has 0 fully saturated rings. The van der Waals surface area contributed by atoms with Gasteiger partial charge in [-0.1, -0.05) is 0 Å². The minimum Gasteiger partial charge on any atom is -0.394 e. The van der Waals surface area contributed by atoms with Gasteiger partial charge in [-0.3, -0.25) is 0 Å². The van der Waals surface area contributed by atoms with Crippen LogP contribution in [0.2, 0.25) is 0 Å². The molecule has 0 saturated carbocycles. The van der Waals surface area contributed by atoms with E-state index in [0.29, 0.717) is 6.61 Å². The lowest BCUT2D eigenvalue weighted by Crippen LogP contribution is -2.07. The van der Waals surface area contributed by atoms with Gasteiger partial charge in [0.2, 0.25) is 0 Å². The monoisotopic (exact) mass is 161 g/mol. The molecule has 0 bridgehead atoms. The Balaban J connectivity index is 2.69. The third-order valence-electron chi connectivity index (χ3n) is 1.45. The van der Waals surface area contributed by atoms with Crippen molar-refractivity contribution in [3.63, 3.8) is 0 Å². The number of hydrogen-bond acceptors (Lipinski definition) is 3.